The van der Waals surface area contributed by atoms with E-state index in [9.17, 15) is 14.9 Å². The molecule has 1 heterocycles. The zero-order chi connectivity index (χ0) is 14.7. The summed E-state index contributed by atoms with van der Waals surface area (Å²) in [5, 5.41) is 13.7. The quantitative estimate of drug-likeness (QED) is 0.657. The molecule has 0 spiro atoms. The van der Waals surface area contributed by atoms with Gasteiger partial charge in [-0.15, -0.1) is 0 Å². The van der Waals surface area contributed by atoms with E-state index in [2.05, 4.69) is 10.2 Å². The van der Waals surface area contributed by atoms with Crippen LogP contribution in [0.5, 0.6) is 5.75 Å². The van der Waals surface area contributed by atoms with Gasteiger partial charge in [-0.2, -0.15) is 0 Å². The lowest BCUT2D eigenvalue weighted by Gasteiger charge is -2.13. The third-order valence-electron chi connectivity index (χ3n) is 3.37. The van der Waals surface area contributed by atoms with Crippen LogP contribution in [0.3, 0.4) is 0 Å². The largest absolute Gasteiger partial charge is 0.490 e. The van der Waals surface area contributed by atoms with Gasteiger partial charge in [-0.25, -0.2) is 0 Å². The highest BCUT2D eigenvalue weighted by Gasteiger charge is 2.23. The molecule has 0 bridgehead atoms. The number of methoxy groups -OCH3 is 1. The predicted molar refractivity (Wildman–Crippen MR) is 73.0 cm³/mol. The summed E-state index contributed by atoms with van der Waals surface area (Å²) in [5.74, 6) is -0.148. The molecule has 1 aliphatic heterocycles. The molecule has 2 rings (SSSR count). The van der Waals surface area contributed by atoms with Crippen LogP contribution < -0.4 is 10.1 Å². The summed E-state index contributed by atoms with van der Waals surface area (Å²) in [6, 6.07) is 4.24. The molecule has 1 aromatic carbocycles. The van der Waals surface area contributed by atoms with Gasteiger partial charge in [0, 0.05) is 30.3 Å². The van der Waals surface area contributed by atoms with E-state index >= 15 is 0 Å². The SMILES string of the molecule is COc1cc(C(=O)NC2CCN(C)C2)ccc1[N+](=O)[O-]. The van der Waals surface area contributed by atoms with E-state index in [0.29, 0.717) is 5.56 Å². The van der Waals surface area contributed by atoms with E-state index in [1.807, 2.05) is 7.05 Å². The Bertz CT molecular complexity index is 532. The third kappa shape index (κ3) is 3.05. The van der Waals surface area contributed by atoms with Crippen molar-refractivity contribution in [1.29, 1.82) is 0 Å². The van der Waals surface area contributed by atoms with Gasteiger partial charge in [-0.1, -0.05) is 0 Å². The molecule has 7 heteroatoms. The van der Waals surface area contributed by atoms with Crippen LogP contribution in [0.4, 0.5) is 5.69 Å². The molecule has 7 nitrogen and oxygen atoms in total. The molecule has 0 radical (unpaired) electrons. The number of likely N-dealkylation sites (N-methyl/N-ethyl adjacent to an activating group) is 1. The van der Waals surface area contributed by atoms with E-state index in [1.165, 1.54) is 25.3 Å². The van der Waals surface area contributed by atoms with Gasteiger partial charge in [0.15, 0.2) is 5.75 Å². The molecule has 0 saturated carbocycles. The molecule has 0 aliphatic carbocycles. The molecule has 1 atom stereocenters. The van der Waals surface area contributed by atoms with Crippen LogP contribution in [-0.4, -0.2) is 49.0 Å². The second-order valence-electron chi connectivity index (χ2n) is 4.87. The van der Waals surface area contributed by atoms with Gasteiger partial charge in [0.2, 0.25) is 0 Å². The van der Waals surface area contributed by atoms with E-state index in [-0.39, 0.29) is 23.4 Å². The molecule has 1 aromatic rings. The first-order valence-corrected chi connectivity index (χ1v) is 6.33. The zero-order valence-electron chi connectivity index (χ0n) is 11.5. The molecule has 1 N–H and O–H groups in total. The summed E-state index contributed by atoms with van der Waals surface area (Å²) in [4.78, 5) is 24.5. The number of nitro groups is 1. The number of rotatable bonds is 4. The van der Waals surface area contributed by atoms with Crippen molar-refractivity contribution in [3.05, 3.63) is 33.9 Å². The fraction of sp³-hybridized carbons (Fsp3) is 0.462. The minimum Gasteiger partial charge on any atom is -0.490 e. The summed E-state index contributed by atoms with van der Waals surface area (Å²) in [7, 11) is 3.34. The number of carbonyl (C=O) groups excluding carboxylic acids is 1. The summed E-state index contributed by atoms with van der Waals surface area (Å²) >= 11 is 0. The maximum atomic E-state index is 12.1. The Kier molecular flexibility index (Phi) is 4.19. The maximum absolute atomic E-state index is 12.1. The maximum Gasteiger partial charge on any atom is 0.310 e. The summed E-state index contributed by atoms with van der Waals surface area (Å²) in [6.07, 6.45) is 0.909. The van der Waals surface area contributed by atoms with Crippen LogP contribution in [-0.2, 0) is 0 Å². The van der Waals surface area contributed by atoms with E-state index in [0.717, 1.165) is 19.5 Å². The monoisotopic (exact) mass is 279 g/mol. The lowest BCUT2D eigenvalue weighted by molar-refractivity contribution is -0.385. The molecule has 1 aliphatic rings. The smallest absolute Gasteiger partial charge is 0.310 e. The first-order valence-electron chi connectivity index (χ1n) is 6.33. The number of nitro benzene ring substituents is 1. The van der Waals surface area contributed by atoms with Crippen molar-refractivity contribution in [3.8, 4) is 5.75 Å². The molecule has 1 fully saturated rings. The zero-order valence-corrected chi connectivity index (χ0v) is 11.5. The Hall–Kier alpha value is -2.15. The average molecular weight is 279 g/mol. The van der Waals surface area contributed by atoms with Gasteiger partial charge in [-0.3, -0.25) is 14.9 Å². The highest BCUT2D eigenvalue weighted by Crippen LogP contribution is 2.27. The Labute approximate surface area is 116 Å². The van der Waals surface area contributed by atoms with Crippen LogP contribution >= 0.6 is 0 Å². The number of amides is 1. The normalized spacial score (nSPS) is 18.8. The Morgan fingerprint density at radius 2 is 2.30 bits per heavy atom. The summed E-state index contributed by atoms with van der Waals surface area (Å²) < 4.78 is 4.95. The van der Waals surface area contributed by atoms with Crippen LogP contribution in [0.15, 0.2) is 18.2 Å². The number of ether oxygens (including phenoxy) is 1. The number of hydrogen-bond donors (Lipinski definition) is 1. The number of likely N-dealkylation sites (tertiary alicyclic amines) is 1. The van der Waals surface area contributed by atoms with Gasteiger partial charge in [0.05, 0.1) is 12.0 Å². The van der Waals surface area contributed by atoms with Crippen LogP contribution in [0.1, 0.15) is 16.8 Å². The first-order chi connectivity index (χ1) is 9.51. The van der Waals surface area contributed by atoms with Gasteiger partial charge >= 0.3 is 5.69 Å². The lowest BCUT2D eigenvalue weighted by Crippen LogP contribution is -2.36. The van der Waals surface area contributed by atoms with Crippen molar-refractivity contribution in [2.75, 3.05) is 27.2 Å². The molecule has 108 valence electrons. The van der Waals surface area contributed by atoms with Crippen molar-refractivity contribution in [3.63, 3.8) is 0 Å². The van der Waals surface area contributed by atoms with Crippen LogP contribution in [0, 0.1) is 10.1 Å². The number of nitrogens with zero attached hydrogens (tertiary/aromatic N) is 2. The number of nitrogens with one attached hydrogen (secondary N) is 1. The van der Waals surface area contributed by atoms with Gasteiger partial charge in [0.1, 0.15) is 0 Å². The molecule has 1 saturated heterocycles. The van der Waals surface area contributed by atoms with Crippen molar-refractivity contribution >= 4 is 11.6 Å². The Morgan fingerprint density at radius 3 is 2.85 bits per heavy atom. The van der Waals surface area contributed by atoms with E-state index in [1.54, 1.807) is 0 Å². The highest BCUT2D eigenvalue weighted by molar-refractivity contribution is 5.95. The molecule has 0 aromatic heterocycles. The van der Waals surface area contributed by atoms with Gasteiger partial charge < -0.3 is 15.0 Å². The van der Waals surface area contributed by atoms with Crippen molar-refractivity contribution in [2.24, 2.45) is 0 Å². The minimum absolute atomic E-state index is 0.0891. The second-order valence-corrected chi connectivity index (χ2v) is 4.87. The number of hydrogen-bond acceptors (Lipinski definition) is 5. The molecule has 20 heavy (non-hydrogen) atoms. The van der Waals surface area contributed by atoms with Crippen molar-refractivity contribution in [2.45, 2.75) is 12.5 Å². The van der Waals surface area contributed by atoms with E-state index in [4.69, 9.17) is 4.74 Å². The van der Waals surface area contributed by atoms with Crippen molar-refractivity contribution in [1.82, 2.24) is 10.2 Å². The topological polar surface area (TPSA) is 84.7 Å². The molecule has 1 amide bonds. The summed E-state index contributed by atoms with van der Waals surface area (Å²) in [6.45, 7) is 1.77. The Morgan fingerprint density at radius 1 is 1.55 bits per heavy atom. The average Bonchev–Trinajstić information content (AvgIpc) is 2.83. The summed E-state index contributed by atoms with van der Waals surface area (Å²) in [5.41, 5.74) is 0.214. The van der Waals surface area contributed by atoms with Crippen LogP contribution in [0.2, 0.25) is 0 Å². The fourth-order valence-electron chi connectivity index (χ4n) is 2.29. The van der Waals surface area contributed by atoms with Gasteiger partial charge in [-0.05, 0) is 26.1 Å². The second kappa shape index (κ2) is 5.87. The number of benzene rings is 1. The Balaban J connectivity index is 2.12. The fourth-order valence-corrected chi connectivity index (χ4v) is 2.29. The first kappa shape index (κ1) is 14.3. The van der Waals surface area contributed by atoms with Gasteiger partial charge in [0.25, 0.3) is 5.91 Å². The third-order valence-corrected chi connectivity index (χ3v) is 3.37. The van der Waals surface area contributed by atoms with Crippen LogP contribution in [0.25, 0.3) is 0 Å². The van der Waals surface area contributed by atoms with Crippen molar-refractivity contribution < 1.29 is 14.5 Å². The lowest BCUT2D eigenvalue weighted by atomic mass is 10.1. The molecular weight excluding hydrogens is 262 g/mol. The van der Waals surface area contributed by atoms with E-state index < -0.39 is 4.92 Å². The highest BCUT2D eigenvalue weighted by atomic mass is 16.6. The number of carbonyl (C=O) groups is 1. The molecule has 1 unspecified atom stereocenters. The minimum atomic E-state index is -0.535. The molecular formula is C13H17N3O4. The predicted octanol–water partition coefficient (Wildman–Crippen LogP) is 1.04. The standard InChI is InChI=1S/C13H17N3O4/c1-15-6-5-10(8-15)14-13(17)9-3-4-11(16(18)19)12(7-9)20-2/h3-4,7,10H,5-6,8H2,1-2H3,(H,14,17).